The summed E-state index contributed by atoms with van der Waals surface area (Å²) in [5.41, 5.74) is 0.260. The summed E-state index contributed by atoms with van der Waals surface area (Å²) in [5, 5.41) is 21.0. The first kappa shape index (κ1) is 34.1. The van der Waals surface area contributed by atoms with E-state index < -0.39 is 53.3 Å². The number of aliphatic hydroxyl groups excluding tert-OH is 1. The Morgan fingerprint density at radius 3 is 2.13 bits per heavy atom. The van der Waals surface area contributed by atoms with Crippen molar-refractivity contribution in [3.63, 3.8) is 0 Å². The van der Waals surface area contributed by atoms with E-state index >= 15 is 0 Å². The maximum Gasteiger partial charge on any atom is 0.296 e. The largest absolute Gasteiger partial charge is 0.391 e. The van der Waals surface area contributed by atoms with Gasteiger partial charge in [-0.15, -0.1) is 11.3 Å². The van der Waals surface area contributed by atoms with E-state index in [1.54, 1.807) is 6.07 Å². The molecular formula is C28H24N4O11S4. The minimum atomic E-state index is -4.93. The molecule has 0 aliphatic carbocycles. The van der Waals surface area contributed by atoms with E-state index in [9.17, 15) is 48.8 Å². The van der Waals surface area contributed by atoms with Crippen LogP contribution in [0, 0.1) is 6.92 Å². The van der Waals surface area contributed by atoms with Gasteiger partial charge in [-0.25, -0.2) is 4.98 Å². The van der Waals surface area contributed by atoms with E-state index in [1.165, 1.54) is 62.4 Å². The second-order valence-electron chi connectivity index (χ2n) is 10.2. The van der Waals surface area contributed by atoms with Crippen molar-refractivity contribution in [3.05, 3.63) is 72.3 Å². The average molecular weight is 721 g/mol. The zero-order chi connectivity index (χ0) is 34.5. The molecule has 0 bridgehead atoms. The quantitative estimate of drug-likeness (QED) is 0.103. The molecule has 0 saturated heterocycles. The predicted molar refractivity (Wildman–Crippen MR) is 172 cm³/mol. The molecule has 0 aliphatic heterocycles. The number of azo groups is 1. The number of hydrogen-bond donors (Lipinski definition) is 5. The van der Waals surface area contributed by atoms with Gasteiger partial charge in [0.1, 0.15) is 19.7 Å². The van der Waals surface area contributed by atoms with Crippen LogP contribution in [0.15, 0.2) is 91.6 Å². The van der Waals surface area contributed by atoms with Crippen molar-refractivity contribution in [2.45, 2.75) is 40.7 Å². The molecule has 0 fully saturated rings. The highest BCUT2D eigenvalue weighted by Gasteiger charge is 2.27. The molecule has 2 atom stereocenters. The number of aromatic nitrogens is 1. The van der Waals surface area contributed by atoms with E-state index in [0.29, 0.717) is 0 Å². The average Bonchev–Trinajstić information content (AvgIpc) is 3.39. The molecule has 5 aromatic rings. The van der Waals surface area contributed by atoms with Gasteiger partial charge in [0.25, 0.3) is 36.3 Å². The summed E-state index contributed by atoms with van der Waals surface area (Å²) in [6, 6.07) is 13.2. The third kappa shape index (κ3) is 7.06. The lowest BCUT2D eigenvalue weighted by molar-refractivity contribution is -0.119. The van der Waals surface area contributed by atoms with Gasteiger partial charge in [0, 0.05) is 22.0 Å². The topological polar surface area (TPSA) is 250 Å². The maximum absolute atomic E-state index is 13.2. The Labute approximate surface area is 271 Å². The molecule has 5 N–H and O–H groups in total. The van der Waals surface area contributed by atoms with Gasteiger partial charge in [-0.3, -0.25) is 18.5 Å². The molecular weight excluding hydrogens is 697 g/mol. The lowest BCUT2D eigenvalue weighted by Crippen LogP contribution is -2.34. The Bertz CT molecular complexity index is 2440. The molecule has 1 heterocycles. The monoisotopic (exact) mass is 720 g/mol. The first-order chi connectivity index (χ1) is 21.9. The van der Waals surface area contributed by atoms with Crippen LogP contribution in [0.2, 0.25) is 0 Å². The molecule has 47 heavy (non-hydrogen) atoms. The Morgan fingerprint density at radius 1 is 0.851 bits per heavy atom. The standard InChI is InChI=1S/C28H24N4O11S4/c1-14-7-10-21-25(26(14)47(41,42)43)44-28(30-21)19-9-8-16(13-23(19)46(38,39)40)31-32-24(15(2)33)27(34)29-20-11-12-22(45(35,36)37)18-6-4-3-5-17(18)20/h3-13,15,24,33H,1-2H3,(H,29,34)(H,35,36,37)(H,38,39,40)(H,41,42,43)/t15-,24+/m1/s1. The van der Waals surface area contributed by atoms with Gasteiger partial charge < -0.3 is 10.4 Å². The number of aryl methyl sites for hydroxylation is 1. The van der Waals surface area contributed by atoms with E-state index in [0.717, 1.165) is 23.5 Å². The number of aliphatic hydroxyl groups is 1. The van der Waals surface area contributed by atoms with Gasteiger partial charge in [-0.2, -0.15) is 35.5 Å². The molecule has 4 aromatic carbocycles. The van der Waals surface area contributed by atoms with Crippen LogP contribution in [0.1, 0.15) is 12.5 Å². The van der Waals surface area contributed by atoms with E-state index in [-0.39, 0.29) is 58.3 Å². The number of benzene rings is 4. The van der Waals surface area contributed by atoms with Crippen LogP contribution in [-0.4, -0.2) is 67.1 Å². The fraction of sp³-hybridized carbons (Fsp3) is 0.143. The Balaban J connectivity index is 1.50. The first-order valence-electron chi connectivity index (χ1n) is 13.2. The van der Waals surface area contributed by atoms with Crippen LogP contribution in [0.4, 0.5) is 11.4 Å². The summed E-state index contributed by atoms with van der Waals surface area (Å²) in [6.45, 7) is 2.72. The Kier molecular flexibility index (Phi) is 9.03. The van der Waals surface area contributed by atoms with Crippen LogP contribution in [0.5, 0.6) is 0 Å². The van der Waals surface area contributed by atoms with Crippen molar-refractivity contribution in [2.75, 3.05) is 5.32 Å². The molecule has 15 nitrogen and oxygen atoms in total. The molecule has 1 amide bonds. The molecule has 246 valence electrons. The number of carbonyl (C=O) groups excluding carboxylic acids is 1. The minimum Gasteiger partial charge on any atom is -0.391 e. The van der Waals surface area contributed by atoms with Crippen molar-refractivity contribution in [3.8, 4) is 10.6 Å². The van der Waals surface area contributed by atoms with Crippen molar-refractivity contribution >= 4 is 80.0 Å². The van der Waals surface area contributed by atoms with Crippen molar-refractivity contribution in [2.24, 2.45) is 10.2 Å². The Hall–Kier alpha value is -4.21. The van der Waals surface area contributed by atoms with Gasteiger partial charge in [0.15, 0.2) is 6.04 Å². The smallest absolute Gasteiger partial charge is 0.296 e. The highest BCUT2D eigenvalue weighted by atomic mass is 32.2. The lowest BCUT2D eigenvalue weighted by atomic mass is 10.1. The van der Waals surface area contributed by atoms with Gasteiger partial charge >= 0.3 is 0 Å². The van der Waals surface area contributed by atoms with Crippen molar-refractivity contribution < 1.29 is 48.8 Å². The number of anilines is 1. The van der Waals surface area contributed by atoms with Gasteiger partial charge in [-0.05, 0) is 55.8 Å². The van der Waals surface area contributed by atoms with E-state index in [2.05, 4.69) is 20.5 Å². The van der Waals surface area contributed by atoms with Gasteiger partial charge in [-0.1, -0.05) is 30.3 Å². The van der Waals surface area contributed by atoms with E-state index in [4.69, 9.17) is 0 Å². The van der Waals surface area contributed by atoms with Crippen molar-refractivity contribution in [1.29, 1.82) is 0 Å². The number of nitrogens with zero attached hydrogens (tertiary/aromatic N) is 3. The summed E-state index contributed by atoms with van der Waals surface area (Å²) in [7, 11) is -14.2. The number of thiazole rings is 1. The SMILES string of the molecule is Cc1ccc2nc(-c3ccc(N=N[C@H](C(=O)Nc4ccc(S(=O)(=O)O)c5ccccc45)[C@@H](C)O)cc3S(=O)(=O)O)sc2c1S(=O)(=O)O. The van der Waals surface area contributed by atoms with Gasteiger partial charge in [0.2, 0.25) is 0 Å². The second kappa shape index (κ2) is 12.4. The molecule has 0 aliphatic rings. The van der Waals surface area contributed by atoms with Crippen LogP contribution in [0.25, 0.3) is 31.6 Å². The fourth-order valence-electron chi connectivity index (χ4n) is 4.77. The fourth-order valence-corrected chi connectivity index (χ4v) is 8.60. The zero-order valence-electron chi connectivity index (χ0n) is 24.1. The maximum atomic E-state index is 13.2. The number of fused-ring (bicyclic) bond motifs is 2. The molecule has 1 aromatic heterocycles. The molecule has 0 unspecified atom stereocenters. The predicted octanol–water partition coefficient (Wildman–Crippen LogP) is 4.64. The number of amides is 1. The summed E-state index contributed by atoms with van der Waals surface area (Å²) in [4.78, 5) is 16.0. The number of rotatable bonds is 9. The number of carbonyl (C=O) groups is 1. The summed E-state index contributed by atoms with van der Waals surface area (Å²) in [5.74, 6) is -0.862. The molecule has 0 saturated carbocycles. The number of hydrogen-bond acceptors (Lipinski definition) is 12. The Morgan fingerprint density at radius 2 is 1.51 bits per heavy atom. The van der Waals surface area contributed by atoms with Crippen LogP contribution < -0.4 is 5.32 Å². The van der Waals surface area contributed by atoms with Crippen LogP contribution in [0.3, 0.4) is 0 Å². The highest BCUT2D eigenvalue weighted by Crippen LogP contribution is 2.39. The number of nitrogens with one attached hydrogen (secondary N) is 1. The third-order valence-corrected chi connectivity index (χ3v) is 11.0. The third-order valence-electron chi connectivity index (χ3n) is 6.88. The van der Waals surface area contributed by atoms with Gasteiger partial charge in [0.05, 0.1) is 22.0 Å². The molecule has 0 spiro atoms. The van der Waals surface area contributed by atoms with Crippen molar-refractivity contribution in [1.82, 2.24) is 4.98 Å². The summed E-state index contributed by atoms with van der Waals surface area (Å²) >= 11 is 0.771. The first-order valence-corrected chi connectivity index (χ1v) is 18.4. The van der Waals surface area contributed by atoms with E-state index in [1.807, 2.05) is 0 Å². The summed E-state index contributed by atoms with van der Waals surface area (Å²) in [6.07, 6.45) is -1.41. The zero-order valence-corrected chi connectivity index (χ0v) is 27.4. The molecule has 5 rings (SSSR count). The van der Waals surface area contributed by atoms with Crippen LogP contribution in [-0.2, 0) is 35.1 Å². The molecule has 0 radical (unpaired) electrons. The highest BCUT2D eigenvalue weighted by molar-refractivity contribution is 7.86. The lowest BCUT2D eigenvalue weighted by Gasteiger charge is -2.16. The van der Waals surface area contributed by atoms with Crippen LogP contribution >= 0.6 is 11.3 Å². The normalized spacial score (nSPS) is 14.1. The minimum absolute atomic E-state index is 0.0000848. The second-order valence-corrected chi connectivity index (χ2v) is 15.4. The molecule has 19 heteroatoms. The summed E-state index contributed by atoms with van der Waals surface area (Å²) < 4.78 is 102.